The Morgan fingerprint density at radius 3 is 2.65 bits per heavy atom. The molecule has 144 valence electrons. The van der Waals surface area contributed by atoms with Crippen molar-refractivity contribution in [3.8, 4) is 5.75 Å². The van der Waals surface area contributed by atoms with E-state index in [2.05, 4.69) is 10.3 Å². The highest BCUT2D eigenvalue weighted by Crippen LogP contribution is 2.28. The molecule has 3 N–H and O–H groups in total. The number of halogens is 3. The van der Waals surface area contributed by atoms with Crippen LogP contribution in [0, 0.1) is 5.92 Å². The summed E-state index contributed by atoms with van der Waals surface area (Å²) in [6, 6.07) is 8.34. The van der Waals surface area contributed by atoms with E-state index in [1.54, 1.807) is 30.6 Å². The van der Waals surface area contributed by atoms with Crippen molar-refractivity contribution in [3.05, 3.63) is 53.3 Å². The summed E-state index contributed by atoms with van der Waals surface area (Å²) in [5.41, 5.74) is 7.47. The van der Waals surface area contributed by atoms with E-state index in [1.165, 1.54) is 0 Å². The maximum Gasteiger partial charge on any atom is 0.241 e. The molecule has 1 aromatic heterocycles. The second-order valence-corrected chi connectivity index (χ2v) is 6.10. The van der Waals surface area contributed by atoms with Crippen molar-refractivity contribution in [2.24, 2.45) is 11.7 Å². The number of hydrogen-bond acceptors (Lipinski definition) is 4. The summed E-state index contributed by atoms with van der Waals surface area (Å²) in [7, 11) is 0. The van der Waals surface area contributed by atoms with E-state index < -0.39 is 6.04 Å². The summed E-state index contributed by atoms with van der Waals surface area (Å²) in [6.45, 7) is 4.33. The average Bonchev–Trinajstić information content (AvgIpc) is 2.60. The largest absolute Gasteiger partial charge is 0.487 e. The topological polar surface area (TPSA) is 77.2 Å². The Morgan fingerprint density at radius 2 is 2.08 bits per heavy atom. The Bertz CT molecular complexity index is 687. The van der Waals surface area contributed by atoms with Crippen molar-refractivity contribution in [1.82, 2.24) is 4.98 Å². The molecule has 1 aromatic carbocycles. The second-order valence-electron chi connectivity index (χ2n) is 5.70. The van der Waals surface area contributed by atoms with Gasteiger partial charge in [0.05, 0.1) is 11.1 Å². The predicted molar refractivity (Wildman–Crippen MR) is 111 cm³/mol. The molecule has 2 atom stereocenters. The Balaban J connectivity index is 0.00000312. The number of aromatic nitrogens is 1. The first kappa shape index (κ1) is 24.5. The zero-order valence-electron chi connectivity index (χ0n) is 14.6. The summed E-state index contributed by atoms with van der Waals surface area (Å²) in [5.74, 6) is 0.441. The van der Waals surface area contributed by atoms with Gasteiger partial charge in [-0.2, -0.15) is 0 Å². The Labute approximate surface area is 171 Å². The number of nitrogens with two attached hydrogens (primary N) is 1. The fourth-order valence-corrected chi connectivity index (χ4v) is 2.31. The SMILES string of the molecule is CCC(C)C(N)C(=O)Nc1ccc(OCc2cccnc2)c(Cl)c1.Cl.Cl. The van der Waals surface area contributed by atoms with Crippen LogP contribution in [0.25, 0.3) is 0 Å². The highest BCUT2D eigenvalue weighted by molar-refractivity contribution is 6.32. The minimum atomic E-state index is -0.546. The van der Waals surface area contributed by atoms with Crippen molar-refractivity contribution in [2.45, 2.75) is 32.9 Å². The average molecular weight is 421 g/mol. The van der Waals surface area contributed by atoms with Crippen molar-refractivity contribution in [2.75, 3.05) is 5.32 Å². The number of carbonyl (C=O) groups excluding carboxylic acids is 1. The van der Waals surface area contributed by atoms with Gasteiger partial charge in [-0.3, -0.25) is 9.78 Å². The summed E-state index contributed by atoms with van der Waals surface area (Å²) >= 11 is 6.23. The molecular formula is C18H24Cl3N3O2. The lowest BCUT2D eigenvalue weighted by molar-refractivity contribution is -0.118. The summed E-state index contributed by atoms with van der Waals surface area (Å²) in [6.07, 6.45) is 4.29. The fraction of sp³-hybridized carbons (Fsp3) is 0.333. The van der Waals surface area contributed by atoms with Gasteiger partial charge in [0, 0.05) is 23.6 Å². The number of amides is 1. The minimum absolute atomic E-state index is 0. The molecule has 2 rings (SSSR count). The quantitative estimate of drug-likeness (QED) is 0.693. The lowest BCUT2D eigenvalue weighted by atomic mass is 9.99. The Hall–Kier alpha value is -1.53. The minimum Gasteiger partial charge on any atom is -0.487 e. The molecule has 26 heavy (non-hydrogen) atoms. The van der Waals surface area contributed by atoms with Gasteiger partial charge in [0.2, 0.25) is 5.91 Å². The highest BCUT2D eigenvalue weighted by atomic mass is 35.5. The Morgan fingerprint density at radius 1 is 1.35 bits per heavy atom. The second kappa shape index (κ2) is 12.0. The van der Waals surface area contributed by atoms with Crippen LogP contribution < -0.4 is 15.8 Å². The Kier molecular flexibility index (Phi) is 11.3. The van der Waals surface area contributed by atoms with Gasteiger partial charge in [-0.05, 0) is 30.2 Å². The molecular weight excluding hydrogens is 397 g/mol. The lowest BCUT2D eigenvalue weighted by Crippen LogP contribution is -2.40. The van der Waals surface area contributed by atoms with Crippen LogP contribution in [-0.4, -0.2) is 16.9 Å². The molecule has 0 spiro atoms. The van der Waals surface area contributed by atoms with Gasteiger partial charge in [0.25, 0.3) is 0 Å². The standard InChI is InChI=1S/C18H22ClN3O2.2ClH/c1-3-12(2)17(20)18(23)22-14-6-7-16(15(19)9-14)24-11-13-5-4-8-21-10-13;;/h4-10,12,17H,3,11,20H2,1-2H3,(H,22,23);2*1H. The molecule has 0 saturated carbocycles. The van der Waals surface area contributed by atoms with Crippen LogP contribution in [-0.2, 0) is 11.4 Å². The number of benzene rings is 1. The van der Waals surface area contributed by atoms with Crippen LogP contribution in [0.4, 0.5) is 5.69 Å². The van der Waals surface area contributed by atoms with Crippen molar-refractivity contribution < 1.29 is 9.53 Å². The van der Waals surface area contributed by atoms with Gasteiger partial charge in [-0.15, -0.1) is 24.8 Å². The third-order valence-corrected chi connectivity index (χ3v) is 4.17. The number of carbonyl (C=O) groups is 1. The fourth-order valence-electron chi connectivity index (χ4n) is 2.08. The zero-order chi connectivity index (χ0) is 17.5. The molecule has 0 aliphatic carbocycles. The van der Waals surface area contributed by atoms with E-state index in [0.717, 1.165) is 12.0 Å². The van der Waals surface area contributed by atoms with Crippen LogP contribution >= 0.6 is 36.4 Å². The number of nitrogens with one attached hydrogen (secondary N) is 1. The van der Waals surface area contributed by atoms with E-state index in [9.17, 15) is 4.79 Å². The third-order valence-electron chi connectivity index (χ3n) is 3.88. The molecule has 0 fully saturated rings. The van der Waals surface area contributed by atoms with Gasteiger partial charge >= 0.3 is 0 Å². The van der Waals surface area contributed by atoms with Crippen molar-refractivity contribution in [3.63, 3.8) is 0 Å². The summed E-state index contributed by atoms with van der Waals surface area (Å²) < 4.78 is 5.68. The predicted octanol–water partition coefficient (Wildman–Crippen LogP) is 4.47. The zero-order valence-corrected chi connectivity index (χ0v) is 17.0. The maximum absolute atomic E-state index is 12.1. The molecule has 0 radical (unpaired) electrons. The van der Waals surface area contributed by atoms with Crippen LogP contribution in [0.5, 0.6) is 5.75 Å². The van der Waals surface area contributed by atoms with E-state index in [0.29, 0.717) is 23.1 Å². The van der Waals surface area contributed by atoms with E-state index in [4.69, 9.17) is 22.1 Å². The first-order valence-corrected chi connectivity index (χ1v) is 8.26. The molecule has 0 bridgehead atoms. The number of ether oxygens (including phenoxy) is 1. The van der Waals surface area contributed by atoms with Crippen molar-refractivity contribution >= 4 is 48.0 Å². The molecule has 1 heterocycles. The molecule has 1 amide bonds. The number of nitrogens with zero attached hydrogens (tertiary/aromatic N) is 1. The van der Waals surface area contributed by atoms with Gasteiger partial charge in [0.1, 0.15) is 12.4 Å². The van der Waals surface area contributed by atoms with Gasteiger partial charge in [-0.1, -0.05) is 37.9 Å². The third kappa shape index (κ3) is 7.00. The van der Waals surface area contributed by atoms with E-state index in [1.807, 2.05) is 26.0 Å². The van der Waals surface area contributed by atoms with E-state index in [-0.39, 0.29) is 36.6 Å². The lowest BCUT2D eigenvalue weighted by Gasteiger charge is -2.18. The van der Waals surface area contributed by atoms with Crippen LogP contribution in [0.3, 0.4) is 0 Å². The molecule has 0 saturated heterocycles. The summed E-state index contributed by atoms with van der Waals surface area (Å²) in [4.78, 5) is 16.1. The van der Waals surface area contributed by atoms with E-state index >= 15 is 0 Å². The molecule has 2 aromatic rings. The normalized spacial score (nSPS) is 12.2. The van der Waals surface area contributed by atoms with Crippen molar-refractivity contribution in [1.29, 1.82) is 0 Å². The number of anilines is 1. The smallest absolute Gasteiger partial charge is 0.241 e. The molecule has 2 unspecified atom stereocenters. The van der Waals surface area contributed by atoms with Crippen LogP contribution in [0.15, 0.2) is 42.7 Å². The monoisotopic (exact) mass is 419 g/mol. The number of pyridine rings is 1. The van der Waals surface area contributed by atoms with Gasteiger partial charge in [-0.25, -0.2) is 0 Å². The maximum atomic E-state index is 12.1. The van der Waals surface area contributed by atoms with Crippen LogP contribution in [0.2, 0.25) is 5.02 Å². The van der Waals surface area contributed by atoms with Gasteiger partial charge < -0.3 is 15.8 Å². The molecule has 0 aliphatic rings. The first-order valence-electron chi connectivity index (χ1n) is 7.89. The first-order chi connectivity index (χ1) is 11.5. The highest BCUT2D eigenvalue weighted by Gasteiger charge is 2.19. The summed E-state index contributed by atoms with van der Waals surface area (Å²) in [5, 5.41) is 3.21. The molecule has 8 heteroatoms. The number of hydrogen-bond donors (Lipinski definition) is 2. The number of rotatable bonds is 7. The molecule has 0 aliphatic heterocycles. The molecule has 5 nitrogen and oxygen atoms in total. The van der Waals surface area contributed by atoms with Gasteiger partial charge in [0.15, 0.2) is 0 Å². The van der Waals surface area contributed by atoms with Crippen LogP contribution in [0.1, 0.15) is 25.8 Å².